The molecule has 0 aromatic carbocycles. The highest BCUT2D eigenvalue weighted by atomic mass is 14.9. The van der Waals surface area contributed by atoms with Gasteiger partial charge in [-0.2, -0.15) is 0 Å². The lowest BCUT2D eigenvalue weighted by Gasteiger charge is -2.42. The van der Waals surface area contributed by atoms with Crippen molar-refractivity contribution in [2.75, 3.05) is 6.54 Å². The number of nitrogens with one attached hydrogen (secondary N) is 1. The third kappa shape index (κ3) is 2.73. The average molecular weight is 197 g/mol. The molecule has 1 N–H and O–H groups in total. The van der Waals surface area contributed by atoms with Crippen molar-refractivity contribution in [3.05, 3.63) is 0 Å². The molecule has 0 amide bonds. The van der Waals surface area contributed by atoms with Crippen LogP contribution < -0.4 is 5.32 Å². The van der Waals surface area contributed by atoms with Gasteiger partial charge in [-0.3, -0.25) is 0 Å². The number of hydrogen-bond donors (Lipinski definition) is 1. The zero-order valence-electron chi connectivity index (χ0n) is 10.4. The molecular weight excluding hydrogens is 170 g/mol. The molecular formula is C13H27N. The molecule has 1 fully saturated rings. The largest absolute Gasteiger partial charge is 0.313 e. The smallest absolute Gasteiger partial charge is 0.00644 e. The minimum Gasteiger partial charge on any atom is -0.313 e. The van der Waals surface area contributed by atoms with Crippen molar-refractivity contribution in [1.29, 1.82) is 0 Å². The molecule has 1 saturated carbocycles. The van der Waals surface area contributed by atoms with E-state index in [0.717, 1.165) is 5.92 Å². The van der Waals surface area contributed by atoms with Gasteiger partial charge in [-0.05, 0) is 37.5 Å². The Morgan fingerprint density at radius 2 is 1.86 bits per heavy atom. The summed E-state index contributed by atoms with van der Waals surface area (Å²) >= 11 is 0. The van der Waals surface area contributed by atoms with Gasteiger partial charge in [0.25, 0.3) is 0 Å². The molecule has 0 aliphatic heterocycles. The lowest BCUT2D eigenvalue weighted by molar-refractivity contribution is 0.116. The third-order valence-corrected chi connectivity index (χ3v) is 4.46. The van der Waals surface area contributed by atoms with E-state index >= 15 is 0 Å². The SMILES string of the molecule is CCC(C)C(C)NCC1(CC)CCC1. The fourth-order valence-electron chi connectivity index (χ4n) is 2.26. The molecule has 0 spiro atoms. The van der Waals surface area contributed by atoms with Crippen LogP contribution in [0.3, 0.4) is 0 Å². The van der Waals surface area contributed by atoms with Gasteiger partial charge in [0, 0.05) is 12.6 Å². The second-order valence-corrected chi connectivity index (χ2v) is 5.26. The quantitative estimate of drug-likeness (QED) is 0.686. The molecule has 0 saturated heterocycles. The molecule has 0 heterocycles. The van der Waals surface area contributed by atoms with Gasteiger partial charge in [0.15, 0.2) is 0 Å². The van der Waals surface area contributed by atoms with Crippen LogP contribution in [0.1, 0.15) is 59.8 Å². The minimum absolute atomic E-state index is 0.668. The van der Waals surface area contributed by atoms with Gasteiger partial charge in [0.2, 0.25) is 0 Å². The monoisotopic (exact) mass is 197 g/mol. The van der Waals surface area contributed by atoms with Crippen LogP contribution in [0, 0.1) is 11.3 Å². The fourth-order valence-corrected chi connectivity index (χ4v) is 2.26. The molecule has 0 bridgehead atoms. The van der Waals surface area contributed by atoms with Crippen LogP contribution in [0.25, 0.3) is 0 Å². The van der Waals surface area contributed by atoms with Gasteiger partial charge in [-0.15, -0.1) is 0 Å². The van der Waals surface area contributed by atoms with E-state index in [1.807, 2.05) is 0 Å². The molecule has 2 unspecified atom stereocenters. The molecule has 0 aromatic rings. The van der Waals surface area contributed by atoms with Crippen LogP contribution in [0.5, 0.6) is 0 Å². The van der Waals surface area contributed by atoms with Crippen molar-refractivity contribution in [1.82, 2.24) is 5.32 Å². The highest BCUT2D eigenvalue weighted by Crippen LogP contribution is 2.43. The maximum atomic E-state index is 3.73. The maximum absolute atomic E-state index is 3.73. The summed E-state index contributed by atoms with van der Waals surface area (Å²) in [6, 6.07) is 0.684. The molecule has 14 heavy (non-hydrogen) atoms. The molecule has 1 aliphatic rings. The highest BCUT2D eigenvalue weighted by molar-refractivity contribution is 4.89. The van der Waals surface area contributed by atoms with Crippen LogP contribution >= 0.6 is 0 Å². The summed E-state index contributed by atoms with van der Waals surface area (Å²) in [5.74, 6) is 0.809. The van der Waals surface area contributed by atoms with Gasteiger partial charge in [0.05, 0.1) is 0 Å². The first-order valence-electron chi connectivity index (χ1n) is 6.37. The maximum Gasteiger partial charge on any atom is 0.00644 e. The second-order valence-electron chi connectivity index (χ2n) is 5.26. The Labute approximate surface area is 89.7 Å². The first kappa shape index (κ1) is 12.0. The van der Waals surface area contributed by atoms with Gasteiger partial charge in [-0.1, -0.05) is 33.6 Å². The van der Waals surface area contributed by atoms with Crippen LogP contribution in [-0.4, -0.2) is 12.6 Å². The van der Waals surface area contributed by atoms with E-state index in [4.69, 9.17) is 0 Å². The standard InChI is InChI=1S/C13H27N/c1-5-11(3)12(4)14-10-13(6-2)8-7-9-13/h11-12,14H,5-10H2,1-4H3. The van der Waals surface area contributed by atoms with Crippen molar-refractivity contribution in [2.45, 2.75) is 65.8 Å². The first-order chi connectivity index (χ1) is 6.63. The molecule has 0 radical (unpaired) electrons. The zero-order valence-corrected chi connectivity index (χ0v) is 10.4. The molecule has 84 valence electrons. The third-order valence-electron chi connectivity index (χ3n) is 4.46. The fraction of sp³-hybridized carbons (Fsp3) is 1.00. The van der Waals surface area contributed by atoms with Crippen LogP contribution in [0.2, 0.25) is 0 Å². The lowest BCUT2D eigenvalue weighted by Crippen LogP contribution is -2.44. The van der Waals surface area contributed by atoms with Gasteiger partial charge >= 0.3 is 0 Å². The Morgan fingerprint density at radius 1 is 1.21 bits per heavy atom. The molecule has 2 atom stereocenters. The van der Waals surface area contributed by atoms with Gasteiger partial charge in [0.1, 0.15) is 0 Å². The van der Waals surface area contributed by atoms with Crippen molar-refractivity contribution in [3.63, 3.8) is 0 Å². The van der Waals surface area contributed by atoms with E-state index in [9.17, 15) is 0 Å². The van der Waals surface area contributed by atoms with Crippen LogP contribution in [-0.2, 0) is 0 Å². The molecule has 0 aromatic heterocycles. The first-order valence-corrected chi connectivity index (χ1v) is 6.37. The summed E-state index contributed by atoms with van der Waals surface area (Å²) in [4.78, 5) is 0. The van der Waals surface area contributed by atoms with Gasteiger partial charge < -0.3 is 5.32 Å². The number of rotatable bonds is 6. The molecule has 1 rings (SSSR count). The van der Waals surface area contributed by atoms with Gasteiger partial charge in [-0.25, -0.2) is 0 Å². The minimum atomic E-state index is 0.668. The normalized spacial score (nSPS) is 24.0. The van der Waals surface area contributed by atoms with E-state index in [0.29, 0.717) is 11.5 Å². The molecule has 1 heteroatoms. The Kier molecular flexibility index (Phi) is 4.43. The van der Waals surface area contributed by atoms with E-state index in [1.54, 1.807) is 0 Å². The summed E-state index contributed by atoms with van der Waals surface area (Å²) in [5.41, 5.74) is 0.668. The average Bonchev–Trinajstić information content (AvgIpc) is 2.15. The summed E-state index contributed by atoms with van der Waals surface area (Å²) < 4.78 is 0. The van der Waals surface area contributed by atoms with E-state index in [-0.39, 0.29) is 0 Å². The Morgan fingerprint density at radius 3 is 2.21 bits per heavy atom. The van der Waals surface area contributed by atoms with Crippen molar-refractivity contribution in [2.24, 2.45) is 11.3 Å². The van der Waals surface area contributed by atoms with Crippen molar-refractivity contribution < 1.29 is 0 Å². The van der Waals surface area contributed by atoms with E-state index in [1.165, 1.54) is 38.6 Å². The molecule has 1 aliphatic carbocycles. The van der Waals surface area contributed by atoms with Crippen LogP contribution in [0.4, 0.5) is 0 Å². The van der Waals surface area contributed by atoms with Crippen molar-refractivity contribution >= 4 is 0 Å². The summed E-state index contributed by atoms with van der Waals surface area (Å²) in [6.07, 6.45) is 6.99. The lowest BCUT2D eigenvalue weighted by atomic mass is 9.67. The zero-order chi connectivity index (χ0) is 10.6. The predicted molar refractivity (Wildman–Crippen MR) is 63.5 cm³/mol. The van der Waals surface area contributed by atoms with Crippen molar-refractivity contribution in [3.8, 4) is 0 Å². The summed E-state index contributed by atoms with van der Waals surface area (Å²) in [5, 5.41) is 3.73. The topological polar surface area (TPSA) is 12.0 Å². The Hall–Kier alpha value is -0.0400. The Balaban J connectivity index is 2.25. The summed E-state index contributed by atoms with van der Waals surface area (Å²) in [6.45, 7) is 10.5. The Bertz CT molecular complexity index is 155. The van der Waals surface area contributed by atoms with E-state index in [2.05, 4.69) is 33.0 Å². The van der Waals surface area contributed by atoms with E-state index < -0.39 is 0 Å². The molecule has 1 nitrogen and oxygen atoms in total. The predicted octanol–water partition coefficient (Wildman–Crippen LogP) is 3.59. The summed E-state index contributed by atoms with van der Waals surface area (Å²) in [7, 11) is 0. The number of hydrogen-bond acceptors (Lipinski definition) is 1. The highest BCUT2D eigenvalue weighted by Gasteiger charge is 2.34. The second kappa shape index (κ2) is 5.16. The van der Waals surface area contributed by atoms with Crippen LogP contribution in [0.15, 0.2) is 0 Å².